The molecule has 2 aliphatic heterocycles. The molecule has 0 saturated carbocycles. The van der Waals surface area contributed by atoms with Crippen LogP contribution < -0.4 is 0 Å². The number of benzene rings is 1. The van der Waals surface area contributed by atoms with Crippen LogP contribution in [-0.2, 0) is 11.2 Å². The van der Waals surface area contributed by atoms with E-state index in [1.807, 2.05) is 57.8 Å². The number of quaternary nitrogens is 1. The number of likely N-dealkylation sites (tertiary alicyclic amines) is 2. The number of rotatable bonds is 4. The van der Waals surface area contributed by atoms with E-state index < -0.39 is 5.60 Å². The second-order valence-electron chi connectivity index (χ2n) is 11.5. The molecule has 11 heteroatoms. The molecular formula is C26H31ClN5O4S+. The van der Waals surface area contributed by atoms with E-state index in [0.717, 1.165) is 11.1 Å². The lowest BCUT2D eigenvalue weighted by Gasteiger charge is -2.52. The summed E-state index contributed by atoms with van der Waals surface area (Å²) in [7, 11) is 1.88. The van der Waals surface area contributed by atoms with E-state index in [4.69, 9.17) is 20.8 Å². The quantitative estimate of drug-likeness (QED) is 0.439. The molecule has 1 spiro atoms. The number of hydrogen-bond acceptors (Lipinski definition) is 8. The van der Waals surface area contributed by atoms with Crippen LogP contribution in [0, 0.1) is 12.3 Å². The van der Waals surface area contributed by atoms with Gasteiger partial charge in [0.25, 0.3) is 5.91 Å². The van der Waals surface area contributed by atoms with Crippen LogP contribution in [0.3, 0.4) is 0 Å². The molecule has 0 radical (unpaired) electrons. The number of halogens is 1. The zero-order valence-corrected chi connectivity index (χ0v) is 23.2. The molecule has 2 saturated heterocycles. The minimum atomic E-state index is -0.578. The largest absolute Gasteiger partial charge is 0.516 e. The first-order valence-corrected chi connectivity index (χ1v) is 13.5. The molecule has 2 fully saturated rings. The Labute approximate surface area is 225 Å². The fourth-order valence-corrected chi connectivity index (χ4v) is 6.28. The van der Waals surface area contributed by atoms with Crippen molar-refractivity contribution in [3.8, 4) is 0 Å². The van der Waals surface area contributed by atoms with Crippen LogP contribution >= 0.6 is 22.9 Å². The molecule has 2 aromatic heterocycles. The van der Waals surface area contributed by atoms with E-state index in [2.05, 4.69) is 15.2 Å². The fourth-order valence-electron chi connectivity index (χ4n) is 5.58. The van der Waals surface area contributed by atoms with E-state index >= 15 is 0 Å². The number of nitrogens with zero attached hydrogens (tertiary/aromatic N) is 5. The highest BCUT2D eigenvalue weighted by Crippen LogP contribution is 2.52. The van der Waals surface area contributed by atoms with Gasteiger partial charge in [0, 0.05) is 18.1 Å². The zero-order valence-electron chi connectivity index (χ0n) is 21.7. The molecule has 4 heterocycles. The average molecular weight is 545 g/mol. The lowest BCUT2D eigenvalue weighted by Crippen LogP contribution is -2.72. The Bertz CT molecular complexity index is 1330. The zero-order chi connectivity index (χ0) is 26.6. The molecule has 2 amide bonds. The fraction of sp³-hybridized carbons (Fsp3) is 0.500. The average Bonchev–Trinajstić information content (AvgIpc) is 3.54. The first-order chi connectivity index (χ1) is 17.4. The molecular weight excluding hydrogens is 514 g/mol. The van der Waals surface area contributed by atoms with E-state index in [9.17, 15) is 9.59 Å². The van der Waals surface area contributed by atoms with Gasteiger partial charge in [-0.05, 0) is 44.9 Å². The van der Waals surface area contributed by atoms with Crippen molar-refractivity contribution in [3.63, 3.8) is 0 Å². The number of aryl methyl sites for hydroxylation is 1. The van der Waals surface area contributed by atoms with Crippen LogP contribution in [0.4, 0.5) is 4.79 Å². The van der Waals surface area contributed by atoms with Crippen molar-refractivity contribution in [2.24, 2.45) is 5.41 Å². The first kappa shape index (κ1) is 25.8. The van der Waals surface area contributed by atoms with Crippen molar-refractivity contribution in [1.82, 2.24) is 20.1 Å². The Morgan fingerprint density at radius 2 is 2.05 bits per heavy atom. The van der Waals surface area contributed by atoms with Crippen LogP contribution in [0.5, 0.6) is 0 Å². The lowest BCUT2D eigenvalue weighted by atomic mass is 9.70. The summed E-state index contributed by atoms with van der Waals surface area (Å²) in [6.07, 6.45) is 1.81. The topological polar surface area (TPSA) is 98.4 Å². The molecule has 1 unspecified atom stereocenters. The van der Waals surface area contributed by atoms with Crippen LogP contribution in [0.1, 0.15) is 59.3 Å². The third kappa shape index (κ3) is 5.02. The summed E-state index contributed by atoms with van der Waals surface area (Å²) in [5.74, 6) is 0.740. The molecule has 3 aromatic rings. The minimum absolute atomic E-state index is 0.0703. The van der Waals surface area contributed by atoms with Crippen molar-refractivity contribution in [1.29, 1.82) is 0 Å². The molecule has 0 bridgehead atoms. The minimum Gasteiger partial charge on any atom is -0.425 e. The van der Waals surface area contributed by atoms with Gasteiger partial charge in [-0.3, -0.25) is 9.78 Å². The second kappa shape index (κ2) is 9.18. The smallest absolute Gasteiger partial charge is 0.425 e. The molecule has 1 atom stereocenters. The number of carbonyl (C=O) groups is 2. The van der Waals surface area contributed by atoms with Gasteiger partial charge < -0.3 is 14.1 Å². The number of ether oxygens (including phenoxy) is 1. The van der Waals surface area contributed by atoms with Gasteiger partial charge in [-0.25, -0.2) is 4.48 Å². The van der Waals surface area contributed by atoms with Gasteiger partial charge in [-0.2, -0.15) is 4.79 Å². The van der Waals surface area contributed by atoms with Crippen LogP contribution in [-0.4, -0.2) is 75.4 Å². The Morgan fingerprint density at radius 3 is 2.70 bits per heavy atom. The Balaban J connectivity index is 1.39. The summed E-state index contributed by atoms with van der Waals surface area (Å²) in [6.45, 7) is 9.53. The highest BCUT2D eigenvalue weighted by Gasteiger charge is 2.67. The Morgan fingerprint density at radius 1 is 1.30 bits per heavy atom. The second-order valence-corrected chi connectivity index (χ2v) is 12.7. The molecule has 2 aliphatic rings. The van der Waals surface area contributed by atoms with Gasteiger partial charge in [0.15, 0.2) is 0 Å². The highest BCUT2D eigenvalue weighted by atomic mass is 35.5. The summed E-state index contributed by atoms with van der Waals surface area (Å²) in [6, 6.07) is 5.82. The molecule has 1 aromatic carbocycles. The van der Waals surface area contributed by atoms with E-state index in [1.165, 1.54) is 11.3 Å². The molecule has 0 N–H and O–H groups in total. The number of hydrogen-bond donors (Lipinski definition) is 0. The predicted molar refractivity (Wildman–Crippen MR) is 139 cm³/mol. The maximum atomic E-state index is 13.2. The molecule has 37 heavy (non-hydrogen) atoms. The molecule has 5 rings (SSSR count). The maximum absolute atomic E-state index is 13.2. The standard InChI is InChI=1S/C26H31ClN5O4S/c1-16-8-17(6-7-19(16)27)9-21-29-30-22(35-21)18-11-31(23(33)20-10-28-15-37-20)12-26(18)13-32(5,14-26)24(34)36-25(2,3)4/h6-8,10,15,18H,9,11-14H2,1-5H3/q+1. The van der Waals surface area contributed by atoms with Crippen LogP contribution in [0.15, 0.2) is 34.3 Å². The lowest BCUT2D eigenvalue weighted by molar-refractivity contribution is -0.902. The Hall–Kier alpha value is -2.82. The van der Waals surface area contributed by atoms with Gasteiger partial charge in [-0.15, -0.1) is 21.5 Å². The number of thiazole rings is 1. The van der Waals surface area contributed by atoms with Crippen LogP contribution in [0.25, 0.3) is 0 Å². The first-order valence-electron chi connectivity index (χ1n) is 12.2. The van der Waals surface area contributed by atoms with Crippen molar-refractivity contribution < 1.29 is 23.2 Å². The normalized spacial score (nSPS) is 25.4. The summed E-state index contributed by atoms with van der Waals surface area (Å²) < 4.78 is 12.0. The van der Waals surface area contributed by atoms with Crippen molar-refractivity contribution in [3.05, 3.63) is 62.7 Å². The molecule has 9 nitrogen and oxygen atoms in total. The number of amides is 2. The van der Waals surface area contributed by atoms with Crippen molar-refractivity contribution in [2.75, 3.05) is 33.2 Å². The number of aromatic nitrogens is 3. The Kier molecular flexibility index (Phi) is 6.40. The van der Waals surface area contributed by atoms with E-state index in [-0.39, 0.29) is 27.8 Å². The SMILES string of the molecule is Cc1cc(Cc2nnc(C3CN(C(=O)c4cncs4)CC34C[N+](C)(C(=O)OC(C)(C)C)C4)o2)ccc1Cl. The molecule has 0 aliphatic carbocycles. The van der Waals surface area contributed by atoms with Crippen LogP contribution in [0.2, 0.25) is 5.02 Å². The maximum Gasteiger partial charge on any atom is 0.516 e. The van der Waals surface area contributed by atoms with Gasteiger partial charge in [-0.1, -0.05) is 23.7 Å². The van der Waals surface area contributed by atoms with Gasteiger partial charge in [0.1, 0.15) is 29.0 Å². The van der Waals surface area contributed by atoms with Gasteiger partial charge in [0.2, 0.25) is 11.8 Å². The third-order valence-corrected chi connectivity index (χ3v) is 8.28. The van der Waals surface area contributed by atoms with Gasteiger partial charge >= 0.3 is 6.09 Å². The predicted octanol–water partition coefficient (Wildman–Crippen LogP) is 4.70. The van der Waals surface area contributed by atoms with Gasteiger partial charge in [0.05, 0.1) is 31.1 Å². The summed E-state index contributed by atoms with van der Waals surface area (Å²) in [5.41, 5.74) is 2.72. The summed E-state index contributed by atoms with van der Waals surface area (Å²) in [4.78, 5) is 32.7. The monoisotopic (exact) mass is 544 g/mol. The third-order valence-electron chi connectivity index (χ3n) is 7.10. The summed E-state index contributed by atoms with van der Waals surface area (Å²) in [5, 5.41) is 9.43. The van der Waals surface area contributed by atoms with E-state index in [0.29, 0.717) is 54.3 Å². The van der Waals surface area contributed by atoms with Crippen molar-refractivity contribution in [2.45, 2.75) is 45.6 Å². The van der Waals surface area contributed by atoms with Crippen molar-refractivity contribution >= 4 is 34.9 Å². The highest BCUT2D eigenvalue weighted by molar-refractivity contribution is 7.11. The summed E-state index contributed by atoms with van der Waals surface area (Å²) >= 11 is 7.48. The molecule has 196 valence electrons. The van der Waals surface area contributed by atoms with E-state index in [1.54, 1.807) is 11.7 Å². The number of carbonyl (C=O) groups excluding carboxylic acids is 2.